The van der Waals surface area contributed by atoms with E-state index in [2.05, 4.69) is 0 Å². The van der Waals surface area contributed by atoms with Crippen LogP contribution in [0.1, 0.15) is 30.6 Å². The van der Waals surface area contributed by atoms with Crippen LogP contribution in [0.4, 0.5) is 0 Å². The van der Waals surface area contributed by atoms with Crippen molar-refractivity contribution < 1.29 is 14.7 Å². The van der Waals surface area contributed by atoms with Crippen LogP contribution < -0.4 is 0 Å². The van der Waals surface area contributed by atoms with Crippen molar-refractivity contribution in [2.75, 3.05) is 5.75 Å². The van der Waals surface area contributed by atoms with Crippen LogP contribution in [0.25, 0.3) is 0 Å². The Kier molecular flexibility index (Phi) is 5.22. The van der Waals surface area contributed by atoms with Gasteiger partial charge in [-0.1, -0.05) is 26.0 Å². The van der Waals surface area contributed by atoms with E-state index in [9.17, 15) is 9.59 Å². The average molecular weight is 252 g/mol. The summed E-state index contributed by atoms with van der Waals surface area (Å²) in [4.78, 5) is 23.0. The Hall–Kier alpha value is -1.29. The molecule has 0 aromatic heterocycles. The second kappa shape index (κ2) is 6.45. The van der Waals surface area contributed by atoms with Crippen molar-refractivity contribution in [2.24, 2.45) is 5.92 Å². The van der Waals surface area contributed by atoms with Crippen molar-refractivity contribution in [3.63, 3.8) is 0 Å². The highest BCUT2D eigenvalue weighted by Gasteiger charge is 2.11. The zero-order valence-electron chi connectivity index (χ0n) is 9.97. The molecule has 4 heteroatoms. The van der Waals surface area contributed by atoms with Gasteiger partial charge in [0.25, 0.3) is 0 Å². The molecule has 1 unspecified atom stereocenters. The number of rotatable bonds is 6. The molecule has 0 spiro atoms. The summed E-state index contributed by atoms with van der Waals surface area (Å²) in [5.74, 6) is -0.483. The smallest absolute Gasteiger partial charge is 0.307 e. The highest BCUT2D eigenvalue weighted by molar-refractivity contribution is 7.99. The molecule has 1 aromatic carbocycles. The fourth-order valence-electron chi connectivity index (χ4n) is 1.23. The molecule has 0 bridgehead atoms. The minimum atomic E-state index is -0.782. The number of benzene rings is 1. The molecule has 1 N–H and O–H groups in total. The quantitative estimate of drug-likeness (QED) is 0.624. The summed E-state index contributed by atoms with van der Waals surface area (Å²) in [5.41, 5.74) is 0.711. The zero-order chi connectivity index (χ0) is 12.8. The SMILES string of the molecule is CCC(=O)c1ccc(SCC(C)C(=O)O)cc1. The van der Waals surface area contributed by atoms with Crippen LogP contribution in [0.5, 0.6) is 0 Å². The Morgan fingerprint density at radius 2 is 1.88 bits per heavy atom. The van der Waals surface area contributed by atoms with Crippen molar-refractivity contribution in [3.8, 4) is 0 Å². The van der Waals surface area contributed by atoms with Crippen LogP contribution in [0.3, 0.4) is 0 Å². The molecule has 0 amide bonds. The number of thioether (sulfide) groups is 1. The zero-order valence-corrected chi connectivity index (χ0v) is 10.8. The molecule has 1 atom stereocenters. The molecule has 0 fully saturated rings. The lowest BCUT2D eigenvalue weighted by Crippen LogP contribution is -2.11. The van der Waals surface area contributed by atoms with Crippen LogP contribution in [-0.2, 0) is 4.79 Å². The fourth-order valence-corrected chi connectivity index (χ4v) is 2.15. The Morgan fingerprint density at radius 3 is 2.35 bits per heavy atom. The number of carbonyl (C=O) groups excluding carboxylic acids is 1. The van der Waals surface area contributed by atoms with Crippen molar-refractivity contribution in [2.45, 2.75) is 25.2 Å². The number of aliphatic carboxylic acids is 1. The van der Waals surface area contributed by atoms with Gasteiger partial charge in [-0.05, 0) is 12.1 Å². The van der Waals surface area contributed by atoms with E-state index in [1.807, 2.05) is 19.1 Å². The van der Waals surface area contributed by atoms with Crippen LogP contribution in [0.15, 0.2) is 29.2 Å². The first kappa shape index (κ1) is 13.8. The average Bonchev–Trinajstić information content (AvgIpc) is 2.35. The summed E-state index contributed by atoms with van der Waals surface area (Å²) in [6, 6.07) is 7.31. The lowest BCUT2D eigenvalue weighted by Gasteiger charge is -2.06. The molecule has 0 radical (unpaired) electrons. The van der Waals surface area contributed by atoms with E-state index in [0.717, 1.165) is 4.90 Å². The first-order chi connectivity index (χ1) is 8.04. The first-order valence-corrected chi connectivity index (χ1v) is 6.52. The minimum Gasteiger partial charge on any atom is -0.481 e. The molecule has 0 aliphatic heterocycles. The van der Waals surface area contributed by atoms with E-state index in [0.29, 0.717) is 17.7 Å². The van der Waals surface area contributed by atoms with Gasteiger partial charge in [0, 0.05) is 22.6 Å². The molecule has 0 saturated carbocycles. The van der Waals surface area contributed by atoms with Crippen LogP contribution in [0, 0.1) is 5.92 Å². The fraction of sp³-hybridized carbons (Fsp3) is 0.385. The lowest BCUT2D eigenvalue weighted by atomic mass is 10.1. The molecule has 0 heterocycles. The summed E-state index contributed by atoms with van der Waals surface area (Å²) in [5, 5.41) is 8.75. The third-order valence-electron chi connectivity index (χ3n) is 2.42. The third-order valence-corrected chi connectivity index (χ3v) is 3.69. The molecule has 1 aromatic rings. The number of carbonyl (C=O) groups is 2. The molecule has 3 nitrogen and oxygen atoms in total. The van der Waals surface area contributed by atoms with Gasteiger partial charge in [0.05, 0.1) is 5.92 Å². The molecule has 1 rings (SSSR count). The summed E-state index contributed by atoms with van der Waals surface area (Å²) in [6.07, 6.45) is 0.503. The first-order valence-electron chi connectivity index (χ1n) is 5.53. The van der Waals surface area contributed by atoms with Gasteiger partial charge in [0.1, 0.15) is 0 Å². The van der Waals surface area contributed by atoms with Crippen LogP contribution >= 0.6 is 11.8 Å². The molecular formula is C13H16O3S. The highest BCUT2D eigenvalue weighted by Crippen LogP contribution is 2.21. The van der Waals surface area contributed by atoms with Crippen molar-refractivity contribution in [1.82, 2.24) is 0 Å². The van der Waals surface area contributed by atoms with E-state index in [-0.39, 0.29) is 11.7 Å². The molecule has 0 aliphatic rings. The maximum atomic E-state index is 11.4. The van der Waals surface area contributed by atoms with Gasteiger partial charge < -0.3 is 5.11 Å². The van der Waals surface area contributed by atoms with E-state index in [1.165, 1.54) is 11.8 Å². The van der Waals surface area contributed by atoms with Crippen molar-refractivity contribution >= 4 is 23.5 Å². The highest BCUT2D eigenvalue weighted by atomic mass is 32.2. The summed E-state index contributed by atoms with van der Waals surface area (Å²) in [7, 11) is 0. The van der Waals surface area contributed by atoms with Crippen molar-refractivity contribution in [3.05, 3.63) is 29.8 Å². The Bertz CT molecular complexity index is 398. The maximum Gasteiger partial charge on any atom is 0.307 e. The second-order valence-electron chi connectivity index (χ2n) is 3.85. The number of carboxylic acid groups (broad SMARTS) is 1. The molecule has 0 aliphatic carbocycles. The molecular weight excluding hydrogens is 236 g/mol. The Morgan fingerprint density at radius 1 is 1.29 bits per heavy atom. The predicted octanol–water partition coefficient (Wildman–Crippen LogP) is 3.09. The van der Waals surface area contributed by atoms with Gasteiger partial charge in [-0.25, -0.2) is 0 Å². The van der Waals surface area contributed by atoms with Crippen molar-refractivity contribution in [1.29, 1.82) is 0 Å². The number of carboxylic acids is 1. The van der Waals surface area contributed by atoms with Gasteiger partial charge in [-0.3, -0.25) is 9.59 Å². The van der Waals surface area contributed by atoms with Gasteiger partial charge >= 0.3 is 5.97 Å². The van der Waals surface area contributed by atoms with E-state index in [1.54, 1.807) is 19.1 Å². The van der Waals surface area contributed by atoms with Gasteiger partial charge in [-0.15, -0.1) is 11.8 Å². The number of hydrogen-bond acceptors (Lipinski definition) is 3. The maximum absolute atomic E-state index is 11.4. The van der Waals surface area contributed by atoms with E-state index in [4.69, 9.17) is 5.11 Å². The molecule has 17 heavy (non-hydrogen) atoms. The largest absolute Gasteiger partial charge is 0.481 e. The van der Waals surface area contributed by atoms with Gasteiger partial charge in [-0.2, -0.15) is 0 Å². The minimum absolute atomic E-state index is 0.125. The van der Waals surface area contributed by atoms with Gasteiger partial charge in [0.2, 0.25) is 0 Å². The lowest BCUT2D eigenvalue weighted by molar-refractivity contribution is -0.140. The summed E-state index contributed by atoms with van der Waals surface area (Å²) >= 11 is 1.49. The molecule has 92 valence electrons. The summed E-state index contributed by atoms with van der Waals surface area (Å²) < 4.78 is 0. The monoisotopic (exact) mass is 252 g/mol. The van der Waals surface area contributed by atoms with Crippen LogP contribution in [-0.4, -0.2) is 22.6 Å². The second-order valence-corrected chi connectivity index (χ2v) is 4.94. The van der Waals surface area contributed by atoms with Gasteiger partial charge in [0.15, 0.2) is 5.78 Å². The van der Waals surface area contributed by atoms with E-state index < -0.39 is 5.97 Å². The molecule has 0 saturated heterocycles. The number of Topliss-reactive ketones (excluding diaryl/α,β-unsaturated/α-hetero) is 1. The van der Waals surface area contributed by atoms with E-state index >= 15 is 0 Å². The predicted molar refractivity (Wildman–Crippen MR) is 68.6 cm³/mol. The Balaban J connectivity index is 2.57. The standard InChI is InChI=1S/C13H16O3S/c1-3-12(14)10-4-6-11(7-5-10)17-8-9(2)13(15)16/h4-7,9H,3,8H2,1-2H3,(H,15,16). The Labute approximate surface area is 105 Å². The number of ketones is 1. The van der Waals surface area contributed by atoms with Crippen LogP contribution in [0.2, 0.25) is 0 Å². The normalized spacial score (nSPS) is 12.1. The summed E-state index contributed by atoms with van der Waals surface area (Å²) in [6.45, 7) is 3.52. The number of hydrogen-bond donors (Lipinski definition) is 1. The topological polar surface area (TPSA) is 54.4 Å². The third kappa shape index (κ3) is 4.23.